The van der Waals surface area contributed by atoms with E-state index in [1.165, 1.54) is 13.0 Å². The van der Waals surface area contributed by atoms with Crippen LogP contribution in [0, 0.1) is 6.92 Å². The van der Waals surface area contributed by atoms with Crippen molar-refractivity contribution in [2.45, 2.75) is 13.1 Å². The minimum Gasteiger partial charge on any atom is -0.320 e. The minimum atomic E-state index is -4.48. The van der Waals surface area contributed by atoms with Crippen LogP contribution in [0.1, 0.15) is 11.3 Å². The molecule has 0 aromatic carbocycles. The van der Waals surface area contributed by atoms with Gasteiger partial charge in [0.25, 0.3) is 0 Å². The highest BCUT2D eigenvalue weighted by atomic mass is 19.4. The topological polar surface area (TPSA) is 45.8 Å². The summed E-state index contributed by atoms with van der Waals surface area (Å²) in [5, 5.41) is 0. The van der Waals surface area contributed by atoms with Crippen LogP contribution in [0.3, 0.4) is 0 Å². The van der Waals surface area contributed by atoms with E-state index in [-0.39, 0.29) is 11.1 Å². The summed E-state index contributed by atoms with van der Waals surface area (Å²) in [4.78, 5) is 16.9. The number of hydrogen-bond donors (Lipinski definition) is 1. The zero-order valence-corrected chi connectivity index (χ0v) is 8.22. The van der Waals surface area contributed by atoms with E-state index in [1.807, 2.05) is 0 Å². The molecule has 2 heterocycles. The third-order valence-electron chi connectivity index (χ3n) is 2.18. The quantitative estimate of drug-likeness (QED) is 0.751. The molecule has 0 amide bonds. The first-order chi connectivity index (χ1) is 7.38. The van der Waals surface area contributed by atoms with Crippen LogP contribution < -0.4 is 5.56 Å². The van der Waals surface area contributed by atoms with Gasteiger partial charge in [-0.3, -0.25) is 4.79 Å². The number of nitrogens with one attached hydrogen (secondary N) is 1. The number of pyridine rings is 2. The van der Waals surface area contributed by atoms with Gasteiger partial charge in [-0.2, -0.15) is 13.2 Å². The Kier molecular flexibility index (Phi) is 2.22. The van der Waals surface area contributed by atoms with Crippen LogP contribution in [0.15, 0.2) is 23.0 Å². The lowest BCUT2D eigenvalue weighted by Crippen LogP contribution is -2.11. The predicted molar refractivity (Wildman–Crippen MR) is 52.1 cm³/mol. The molecule has 0 bridgehead atoms. The van der Waals surface area contributed by atoms with Crippen LogP contribution in [-0.4, -0.2) is 9.97 Å². The molecule has 0 radical (unpaired) electrons. The number of aryl methyl sites for hydroxylation is 1. The van der Waals surface area contributed by atoms with Gasteiger partial charge in [0.1, 0.15) is 5.69 Å². The second-order valence-electron chi connectivity index (χ2n) is 3.40. The molecule has 2 aromatic rings. The Balaban J connectivity index is 2.78. The standard InChI is InChI=1S/C10H7F3N2O/c1-5-4-7(10(11,12)13)14-6-2-3-8(16)15-9(5)6/h2-4H,1H3,(H,15,16). The highest BCUT2D eigenvalue weighted by molar-refractivity contribution is 5.77. The van der Waals surface area contributed by atoms with Crippen molar-refractivity contribution in [2.24, 2.45) is 0 Å². The summed E-state index contributed by atoms with van der Waals surface area (Å²) >= 11 is 0. The molecule has 6 heteroatoms. The van der Waals surface area contributed by atoms with E-state index in [4.69, 9.17) is 0 Å². The average Bonchev–Trinajstić information content (AvgIpc) is 2.17. The molecule has 3 nitrogen and oxygen atoms in total. The Morgan fingerprint density at radius 3 is 2.62 bits per heavy atom. The first-order valence-electron chi connectivity index (χ1n) is 4.46. The number of alkyl halides is 3. The molecule has 0 aliphatic heterocycles. The van der Waals surface area contributed by atoms with Gasteiger partial charge in [0, 0.05) is 6.07 Å². The molecule has 0 saturated carbocycles. The smallest absolute Gasteiger partial charge is 0.320 e. The Labute approximate surface area is 87.9 Å². The molecule has 16 heavy (non-hydrogen) atoms. The molecule has 2 rings (SSSR count). The zero-order valence-electron chi connectivity index (χ0n) is 8.22. The lowest BCUT2D eigenvalue weighted by Gasteiger charge is -2.08. The maximum atomic E-state index is 12.4. The lowest BCUT2D eigenvalue weighted by atomic mass is 10.2. The van der Waals surface area contributed by atoms with Crippen molar-refractivity contribution < 1.29 is 13.2 Å². The summed E-state index contributed by atoms with van der Waals surface area (Å²) < 4.78 is 37.3. The second kappa shape index (κ2) is 3.33. The number of halogens is 3. The maximum absolute atomic E-state index is 12.4. The second-order valence-corrected chi connectivity index (χ2v) is 3.40. The Morgan fingerprint density at radius 2 is 2.00 bits per heavy atom. The summed E-state index contributed by atoms with van der Waals surface area (Å²) in [6.45, 7) is 1.50. The number of hydrogen-bond acceptors (Lipinski definition) is 2. The Bertz CT molecular complexity index is 601. The molecule has 0 fully saturated rings. The lowest BCUT2D eigenvalue weighted by molar-refractivity contribution is -0.141. The van der Waals surface area contributed by atoms with Gasteiger partial charge in [0.05, 0.1) is 11.0 Å². The molecule has 0 unspecified atom stereocenters. The molecule has 84 valence electrons. The molecule has 0 spiro atoms. The Morgan fingerprint density at radius 1 is 1.31 bits per heavy atom. The summed E-state index contributed by atoms with van der Waals surface area (Å²) in [5.41, 5.74) is -0.510. The van der Waals surface area contributed by atoms with Crippen molar-refractivity contribution in [3.05, 3.63) is 39.8 Å². The Hall–Kier alpha value is -1.85. The summed E-state index contributed by atoms with van der Waals surface area (Å²) in [6.07, 6.45) is -4.48. The van der Waals surface area contributed by atoms with E-state index in [2.05, 4.69) is 9.97 Å². The molecule has 2 aromatic heterocycles. The van der Waals surface area contributed by atoms with E-state index in [0.29, 0.717) is 11.1 Å². The van der Waals surface area contributed by atoms with Crippen molar-refractivity contribution in [2.75, 3.05) is 0 Å². The van der Waals surface area contributed by atoms with Gasteiger partial charge in [-0.05, 0) is 24.6 Å². The van der Waals surface area contributed by atoms with Crippen molar-refractivity contribution in [1.29, 1.82) is 0 Å². The average molecular weight is 228 g/mol. The number of H-pyrrole nitrogens is 1. The molecule has 0 atom stereocenters. The summed E-state index contributed by atoms with van der Waals surface area (Å²) in [7, 11) is 0. The number of aromatic nitrogens is 2. The van der Waals surface area contributed by atoms with Gasteiger partial charge in [0.15, 0.2) is 0 Å². The molecule has 0 aliphatic rings. The fraction of sp³-hybridized carbons (Fsp3) is 0.200. The van der Waals surface area contributed by atoms with Crippen LogP contribution >= 0.6 is 0 Å². The van der Waals surface area contributed by atoms with Crippen LogP contribution in [0.2, 0.25) is 0 Å². The number of aromatic amines is 1. The van der Waals surface area contributed by atoms with Crippen LogP contribution in [0.25, 0.3) is 11.0 Å². The van der Waals surface area contributed by atoms with Gasteiger partial charge in [-0.15, -0.1) is 0 Å². The third-order valence-corrected chi connectivity index (χ3v) is 2.18. The largest absolute Gasteiger partial charge is 0.433 e. The molecular weight excluding hydrogens is 221 g/mol. The van der Waals surface area contributed by atoms with Crippen molar-refractivity contribution in [3.8, 4) is 0 Å². The van der Waals surface area contributed by atoms with E-state index in [9.17, 15) is 18.0 Å². The van der Waals surface area contributed by atoms with Crippen LogP contribution in [-0.2, 0) is 6.18 Å². The van der Waals surface area contributed by atoms with Crippen molar-refractivity contribution in [3.63, 3.8) is 0 Å². The van der Waals surface area contributed by atoms with Crippen LogP contribution in [0.5, 0.6) is 0 Å². The molecule has 0 saturated heterocycles. The van der Waals surface area contributed by atoms with Crippen molar-refractivity contribution >= 4 is 11.0 Å². The highest BCUT2D eigenvalue weighted by Crippen LogP contribution is 2.29. The van der Waals surface area contributed by atoms with E-state index < -0.39 is 11.9 Å². The normalized spacial score (nSPS) is 12.0. The van der Waals surface area contributed by atoms with Gasteiger partial charge < -0.3 is 4.98 Å². The predicted octanol–water partition coefficient (Wildman–Crippen LogP) is 2.25. The number of fused-ring (bicyclic) bond motifs is 1. The van der Waals surface area contributed by atoms with Gasteiger partial charge in [0.2, 0.25) is 5.56 Å². The van der Waals surface area contributed by atoms with E-state index in [0.717, 1.165) is 12.1 Å². The van der Waals surface area contributed by atoms with E-state index in [1.54, 1.807) is 0 Å². The molecular formula is C10H7F3N2O. The van der Waals surface area contributed by atoms with Gasteiger partial charge in [-0.25, -0.2) is 4.98 Å². The molecule has 0 aliphatic carbocycles. The number of rotatable bonds is 0. The summed E-state index contributed by atoms with van der Waals surface area (Å²) in [5.74, 6) is 0. The fourth-order valence-corrected chi connectivity index (χ4v) is 1.45. The minimum absolute atomic E-state index is 0.131. The zero-order chi connectivity index (χ0) is 11.9. The SMILES string of the molecule is Cc1cc(C(F)(F)F)nc2ccc(=O)[nH]c12. The summed E-state index contributed by atoms with van der Waals surface area (Å²) in [6, 6.07) is 3.34. The van der Waals surface area contributed by atoms with Gasteiger partial charge in [-0.1, -0.05) is 0 Å². The maximum Gasteiger partial charge on any atom is 0.433 e. The van der Waals surface area contributed by atoms with Gasteiger partial charge >= 0.3 is 6.18 Å². The third kappa shape index (κ3) is 1.78. The first-order valence-corrected chi connectivity index (χ1v) is 4.46. The van der Waals surface area contributed by atoms with Crippen LogP contribution in [0.4, 0.5) is 13.2 Å². The monoisotopic (exact) mass is 228 g/mol. The first kappa shape index (κ1) is 10.7. The molecule has 1 N–H and O–H groups in total. The van der Waals surface area contributed by atoms with E-state index >= 15 is 0 Å². The van der Waals surface area contributed by atoms with Crippen molar-refractivity contribution in [1.82, 2.24) is 9.97 Å². The number of nitrogens with zero attached hydrogens (tertiary/aromatic N) is 1. The highest BCUT2D eigenvalue weighted by Gasteiger charge is 2.33. The fourth-order valence-electron chi connectivity index (χ4n) is 1.45.